The molecule has 0 saturated heterocycles. The zero-order chi connectivity index (χ0) is 18.8. The third-order valence-corrected chi connectivity index (χ3v) is 5.16. The Morgan fingerprint density at radius 2 is 1.89 bits per heavy atom. The maximum Gasteiger partial charge on any atom is 0.242 e. The summed E-state index contributed by atoms with van der Waals surface area (Å²) in [6.07, 6.45) is 4.80. The molecule has 2 heterocycles. The number of para-hydroxylation sites is 2. The summed E-state index contributed by atoms with van der Waals surface area (Å²) in [5.41, 5.74) is 4.54. The van der Waals surface area contributed by atoms with Gasteiger partial charge in [-0.2, -0.15) is 5.10 Å². The van der Waals surface area contributed by atoms with E-state index in [-0.39, 0.29) is 5.91 Å². The van der Waals surface area contributed by atoms with Crippen LogP contribution < -0.4 is 4.90 Å². The van der Waals surface area contributed by atoms with Crippen LogP contribution in [-0.4, -0.2) is 40.2 Å². The van der Waals surface area contributed by atoms with Crippen molar-refractivity contribution in [2.24, 2.45) is 0 Å². The van der Waals surface area contributed by atoms with E-state index in [0.717, 1.165) is 17.7 Å². The van der Waals surface area contributed by atoms with Gasteiger partial charge in [-0.3, -0.25) is 4.79 Å². The van der Waals surface area contributed by atoms with E-state index < -0.39 is 0 Å². The maximum absolute atomic E-state index is 12.8. The SMILES string of the molecule is CC1Cc2ccccc2N1CC(=O)N(C)Cc1cnn(-c2ccccc2)c1. The molecule has 1 aromatic heterocycles. The fraction of sp³-hybridized carbons (Fsp3) is 0.273. The van der Waals surface area contributed by atoms with Crippen LogP contribution in [0, 0.1) is 0 Å². The van der Waals surface area contributed by atoms with Crippen LogP contribution in [0.5, 0.6) is 0 Å². The highest BCUT2D eigenvalue weighted by Gasteiger charge is 2.28. The minimum absolute atomic E-state index is 0.117. The summed E-state index contributed by atoms with van der Waals surface area (Å²) in [4.78, 5) is 16.8. The van der Waals surface area contributed by atoms with Gasteiger partial charge < -0.3 is 9.80 Å². The highest BCUT2D eigenvalue weighted by Crippen LogP contribution is 2.31. The maximum atomic E-state index is 12.8. The monoisotopic (exact) mass is 360 g/mol. The third-order valence-electron chi connectivity index (χ3n) is 5.16. The molecule has 4 rings (SSSR count). The highest BCUT2D eigenvalue weighted by atomic mass is 16.2. The minimum Gasteiger partial charge on any atom is -0.359 e. The lowest BCUT2D eigenvalue weighted by Gasteiger charge is -2.27. The summed E-state index contributed by atoms with van der Waals surface area (Å²) < 4.78 is 1.84. The van der Waals surface area contributed by atoms with E-state index in [2.05, 4.69) is 35.1 Å². The molecule has 0 radical (unpaired) electrons. The summed E-state index contributed by atoms with van der Waals surface area (Å²) in [5.74, 6) is 0.117. The van der Waals surface area contributed by atoms with Gasteiger partial charge in [0.05, 0.1) is 18.4 Å². The lowest BCUT2D eigenvalue weighted by Crippen LogP contribution is -2.40. The van der Waals surface area contributed by atoms with Gasteiger partial charge in [0.25, 0.3) is 0 Å². The molecule has 3 aromatic rings. The molecule has 0 N–H and O–H groups in total. The van der Waals surface area contributed by atoms with Crippen molar-refractivity contribution in [3.63, 3.8) is 0 Å². The Bertz CT molecular complexity index is 934. The smallest absolute Gasteiger partial charge is 0.242 e. The van der Waals surface area contributed by atoms with Crippen LogP contribution in [0.2, 0.25) is 0 Å². The number of anilines is 1. The molecule has 0 saturated carbocycles. The molecule has 1 amide bonds. The Morgan fingerprint density at radius 1 is 1.15 bits per heavy atom. The summed E-state index contributed by atoms with van der Waals surface area (Å²) in [6.45, 7) is 3.13. The molecule has 0 aliphatic carbocycles. The van der Waals surface area contributed by atoms with E-state index in [1.54, 1.807) is 4.90 Å². The van der Waals surface area contributed by atoms with Crippen LogP contribution in [0.3, 0.4) is 0 Å². The molecule has 0 spiro atoms. The zero-order valence-corrected chi connectivity index (χ0v) is 15.7. The second-order valence-electron chi connectivity index (χ2n) is 7.19. The molecule has 138 valence electrons. The van der Waals surface area contributed by atoms with Crippen molar-refractivity contribution < 1.29 is 4.79 Å². The molecule has 0 bridgehead atoms. The number of benzene rings is 2. The summed E-state index contributed by atoms with van der Waals surface area (Å²) in [7, 11) is 1.86. The predicted molar refractivity (Wildman–Crippen MR) is 107 cm³/mol. The Labute approximate surface area is 159 Å². The highest BCUT2D eigenvalue weighted by molar-refractivity contribution is 5.82. The molecule has 2 aromatic carbocycles. The van der Waals surface area contributed by atoms with Crippen LogP contribution in [0.15, 0.2) is 67.0 Å². The molecular weight excluding hydrogens is 336 g/mol. The average molecular weight is 360 g/mol. The van der Waals surface area contributed by atoms with Gasteiger partial charge in [-0.15, -0.1) is 0 Å². The predicted octanol–water partition coefficient (Wildman–Crippen LogP) is 3.28. The van der Waals surface area contributed by atoms with E-state index in [1.165, 1.54) is 11.3 Å². The van der Waals surface area contributed by atoms with Gasteiger partial charge >= 0.3 is 0 Å². The Balaban J connectivity index is 1.41. The number of likely N-dealkylation sites (N-methyl/N-ethyl adjacent to an activating group) is 1. The molecule has 1 atom stereocenters. The number of hydrogen-bond donors (Lipinski definition) is 0. The van der Waals surface area contributed by atoms with Crippen LogP contribution in [0.1, 0.15) is 18.1 Å². The number of nitrogens with zero attached hydrogens (tertiary/aromatic N) is 4. The fourth-order valence-corrected chi connectivity index (χ4v) is 3.66. The standard InChI is InChI=1S/C22H24N4O/c1-17-12-19-8-6-7-11-21(19)25(17)16-22(27)24(2)14-18-13-23-26(15-18)20-9-4-3-5-10-20/h3-11,13,15,17H,12,14,16H2,1-2H3. The summed E-state index contributed by atoms with van der Waals surface area (Å²) in [5, 5.41) is 4.41. The largest absolute Gasteiger partial charge is 0.359 e. The van der Waals surface area contributed by atoms with E-state index >= 15 is 0 Å². The Hall–Kier alpha value is -3.08. The summed E-state index contributed by atoms with van der Waals surface area (Å²) in [6, 6.07) is 18.7. The van der Waals surface area contributed by atoms with E-state index in [9.17, 15) is 4.79 Å². The first-order valence-electron chi connectivity index (χ1n) is 9.29. The first kappa shape index (κ1) is 17.3. The second-order valence-corrected chi connectivity index (χ2v) is 7.19. The molecule has 5 nitrogen and oxygen atoms in total. The van der Waals surface area contributed by atoms with Gasteiger partial charge in [-0.25, -0.2) is 4.68 Å². The van der Waals surface area contributed by atoms with Crippen molar-refractivity contribution in [3.05, 3.63) is 78.1 Å². The van der Waals surface area contributed by atoms with Crippen molar-refractivity contribution in [3.8, 4) is 5.69 Å². The number of amides is 1. The van der Waals surface area contributed by atoms with Crippen molar-refractivity contribution in [1.82, 2.24) is 14.7 Å². The van der Waals surface area contributed by atoms with Crippen molar-refractivity contribution in [2.45, 2.75) is 25.9 Å². The summed E-state index contributed by atoms with van der Waals surface area (Å²) >= 11 is 0. The first-order valence-corrected chi connectivity index (χ1v) is 9.29. The fourth-order valence-electron chi connectivity index (χ4n) is 3.66. The second kappa shape index (κ2) is 7.27. The number of carbonyl (C=O) groups excluding carboxylic acids is 1. The molecule has 1 unspecified atom stereocenters. The van der Waals surface area contributed by atoms with Crippen LogP contribution in [-0.2, 0) is 17.8 Å². The molecule has 27 heavy (non-hydrogen) atoms. The van der Waals surface area contributed by atoms with E-state index in [0.29, 0.717) is 19.1 Å². The molecule has 1 aliphatic rings. The van der Waals surface area contributed by atoms with Crippen LogP contribution in [0.25, 0.3) is 5.69 Å². The van der Waals surface area contributed by atoms with Gasteiger partial charge in [0.2, 0.25) is 5.91 Å². The lowest BCUT2D eigenvalue weighted by atomic mass is 10.1. The van der Waals surface area contributed by atoms with Gasteiger partial charge in [0.1, 0.15) is 0 Å². The van der Waals surface area contributed by atoms with Gasteiger partial charge in [0, 0.05) is 37.1 Å². The van der Waals surface area contributed by atoms with E-state index in [1.807, 2.05) is 60.5 Å². The lowest BCUT2D eigenvalue weighted by molar-refractivity contribution is -0.129. The van der Waals surface area contributed by atoms with Gasteiger partial charge in [0.15, 0.2) is 0 Å². The van der Waals surface area contributed by atoms with Crippen molar-refractivity contribution in [2.75, 3.05) is 18.5 Å². The minimum atomic E-state index is 0.117. The number of fused-ring (bicyclic) bond motifs is 1. The molecule has 5 heteroatoms. The van der Waals surface area contributed by atoms with Gasteiger partial charge in [-0.1, -0.05) is 36.4 Å². The normalized spacial score (nSPS) is 15.6. The zero-order valence-electron chi connectivity index (χ0n) is 15.7. The quantitative estimate of drug-likeness (QED) is 0.701. The van der Waals surface area contributed by atoms with Gasteiger partial charge in [-0.05, 0) is 37.1 Å². The average Bonchev–Trinajstić information content (AvgIpc) is 3.27. The molecule has 0 fully saturated rings. The third kappa shape index (κ3) is 3.58. The van der Waals surface area contributed by atoms with Crippen LogP contribution in [0.4, 0.5) is 5.69 Å². The first-order chi connectivity index (χ1) is 13.1. The molecular formula is C22H24N4O. The van der Waals surface area contributed by atoms with E-state index in [4.69, 9.17) is 0 Å². The van der Waals surface area contributed by atoms with Crippen molar-refractivity contribution >= 4 is 11.6 Å². The Kier molecular flexibility index (Phi) is 4.67. The Morgan fingerprint density at radius 3 is 2.70 bits per heavy atom. The number of carbonyl (C=O) groups is 1. The van der Waals surface area contributed by atoms with Crippen molar-refractivity contribution in [1.29, 1.82) is 0 Å². The topological polar surface area (TPSA) is 41.4 Å². The number of hydrogen-bond acceptors (Lipinski definition) is 3. The number of rotatable bonds is 5. The number of aromatic nitrogens is 2. The molecule has 1 aliphatic heterocycles. The van der Waals surface area contributed by atoms with Crippen LogP contribution >= 0.6 is 0 Å².